The summed E-state index contributed by atoms with van der Waals surface area (Å²) in [6, 6.07) is 24.7. The highest BCUT2D eigenvalue weighted by Crippen LogP contribution is 2.24. The van der Waals surface area contributed by atoms with Gasteiger partial charge in [0.2, 0.25) is 0 Å². The standard InChI is InChI=1S/C27H21N5O5S/c33-25(29-18-12-14-19(15-13-18)38(35,36)32-24-11-5-6-16-28-24)17-37-27(34)21-8-2-1-7-20(21)26-30-22-9-3-4-10-23(22)31-26/h1-16H,17H2,(H,28,32)(H,29,33)(H,30,31). The number of aromatic nitrogens is 3. The molecule has 0 saturated heterocycles. The Balaban J connectivity index is 1.21. The lowest BCUT2D eigenvalue weighted by molar-refractivity contribution is -0.119. The van der Waals surface area contributed by atoms with Crippen LogP contribution < -0.4 is 10.0 Å². The van der Waals surface area contributed by atoms with Crippen LogP contribution in [0.25, 0.3) is 22.4 Å². The van der Waals surface area contributed by atoms with Crippen LogP contribution in [-0.4, -0.2) is 41.9 Å². The fourth-order valence-electron chi connectivity index (χ4n) is 3.69. The summed E-state index contributed by atoms with van der Waals surface area (Å²) < 4.78 is 32.7. The molecule has 3 aromatic carbocycles. The van der Waals surface area contributed by atoms with Gasteiger partial charge in [-0.2, -0.15) is 0 Å². The number of ether oxygens (including phenoxy) is 1. The molecule has 2 aromatic heterocycles. The van der Waals surface area contributed by atoms with Gasteiger partial charge in [-0.15, -0.1) is 0 Å². The first-order valence-electron chi connectivity index (χ1n) is 11.4. The zero-order valence-corrected chi connectivity index (χ0v) is 20.6. The van der Waals surface area contributed by atoms with E-state index in [1.165, 1.54) is 36.5 Å². The fraction of sp³-hybridized carbons (Fsp3) is 0.0370. The highest BCUT2D eigenvalue weighted by Gasteiger charge is 2.18. The number of carbonyl (C=O) groups is 2. The van der Waals surface area contributed by atoms with Crippen molar-refractivity contribution in [3.8, 4) is 11.4 Å². The maximum Gasteiger partial charge on any atom is 0.339 e. The predicted octanol–water partition coefficient (Wildman–Crippen LogP) is 4.22. The third-order valence-electron chi connectivity index (χ3n) is 5.48. The zero-order chi connectivity index (χ0) is 26.5. The van der Waals surface area contributed by atoms with Gasteiger partial charge in [0.25, 0.3) is 15.9 Å². The Kier molecular flexibility index (Phi) is 6.83. The highest BCUT2D eigenvalue weighted by molar-refractivity contribution is 7.92. The van der Waals surface area contributed by atoms with Crippen molar-refractivity contribution in [2.24, 2.45) is 0 Å². The first kappa shape index (κ1) is 24.7. The lowest BCUT2D eigenvalue weighted by atomic mass is 10.1. The molecule has 0 spiro atoms. The van der Waals surface area contributed by atoms with Crippen molar-refractivity contribution in [1.29, 1.82) is 0 Å². The molecule has 0 aliphatic heterocycles. The van der Waals surface area contributed by atoms with E-state index in [0.29, 0.717) is 17.1 Å². The molecule has 2 heterocycles. The SMILES string of the molecule is O=C(COC(=O)c1ccccc1-c1nc2ccccc2[nH]1)Nc1ccc(S(=O)(=O)Nc2ccccn2)cc1. The van der Waals surface area contributed by atoms with Crippen molar-refractivity contribution in [3.05, 3.63) is 103 Å². The lowest BCUT2D eigenvalue weighted by Gasteiger charge is -2.10. The number of amides is 1. The van der Waals surface area contributed by atoms with Gasteiger partial charge < -0.3 is 15.0 Å². The zero-order valence-electron chi connectivity index (χ0n) is 19.8. The maximum atomic E-state index is 12.8. The van der Waals surface area contributed by atoms with Crippen molar-refractivity contribution in [1.82, 2.24) is 15.0 Å². The minimum Gasteiger partial charge on any atom is -0.452 e. The summed E-state index contributed by atoms with van der Waals surface area (Å²) in [5.41, 5.74) is 2.73. The summed E-state index contributed by atoms with van der Waals surface area (Å²) in [5.74, 6) is -0.565. The molecule has 0 aliphatic carbocycles. The largest absolute Gasteiger partial charge is 0.452 e. The molecule has 11 heteroatoms. The second-order valence-corrected chi connectivity index (χ2v) is 9.80. The van der Waals surface area contributed by atoms with Crippen LogP contribution in [0.3, 0.4) is 0 Å². The molecule has 0 bridgehead atoms. The van der Waals surface area contributed by atoms with Gasteiger partial charge in [-0.1, -0.05) is 36.4 Å². The lowest BCUT2D eigenvalue weighted by Crippen LogP contribution is -2.21. The molecule has 5 aromatic rings. The van der Waals surface area contributed by atoms with E-state index >= 15 is 0 Å². The van der Waals surface area contributed by atoms with Crippen LogP contribution in [0.2, 0.25) is 0 Å². The predicted molar refractivity (Wildman–Crippen MR) is 142 cm³/mol. The molecule has 5 rings (SSSR count). The number of esters is 1. The number of pyridine rings is 1. The first-order valence-corrected chi connectivity index (χ1v) is 12.9. The van der Waals surface area contributed by atoms with E-state index < -0.39 is 28.5 Å². The number of anilines is 2. The molecule has 0 atom stereocenters. The van der Waals surface area contributed by atoms with Gasteiger partial charge >= 0.3 is 5.97 Å². The molecule has 0 aliphatic rings. The number of benzene rings is 3. The number of nitrogens with zero attached hydrogens (tertiary/aromatic N) is 2. The molecule has 10 nitrogen and oxygen atoms in total. The summed E-state index contributed by atoms with van der Waals surface area (Å²) >= 11 is 0. The van der Waals surface area contributed by atoms with E-state index in [1.54, 1.807) is 36.4 Å². The monoisotopic (exact) mass is 527 g/mol. The van der Waals surface area contributed by atoms with E-state index in [2.05, 4.69) is 25.0 Å². The van der Waals surface area contributed by atoms with E-state index in [0.717, 1.165) is 11.0 Å². The third-order valence-corrected chi connectivity index (χ3v) is 6.85. The second-order valence-electron chi connectivity index (χ2n) is 8.12. The fourth-order valence-corrected chi connectivity index (χ4v) is 4.70. The van der Waals surface area contributed by atoms with Crippen molar-refractivity contribution >= 4 is 44.4 Å². The molecule has 1 amide bonds. The summed E-state index contributed by atoms with van der Waals surface area (Å²) in [4.78, 5) is 36.8. The quantitative estimate of drug-likeness (QED) is 0.256. The van der Waals surface area contributed by atoms with Crippen LogP contribution >= 0.6 is 0 Å². The number of H-pyrrole nitrogens is 1. The van der Waals surface area contributed by atoms with Crippen LogP contribution in [-0.2, 0) is 19.6 Å². The summed E-state index contributed by atoms with van der Waals surface area (Å²) in [7, 11) is -3.85. The van der Waals surface area contributed by atoms with Gasteiger partial charge in [0.1, 0.15) is 11.6 Å². The van der Waals surface area contributed by atoms with E-state index in [1.807, 2.05) is 24.3 Å². The molecule has 0 saturated carbocycles. The average molecular weight is 528 g/mol. The van der Waals surface area contributed by atoms with Gasteiger partial charge in [-0.25, -0.2) is 23.2 Å². The smallest absolute Gasteiger partial charge is 0.339 e. The van der Waals surface area contributed by atoms with E-state index in [4.69, 9.17) is 4.74 Å². The summed E-state index contributed by atoms with van der Waals surface area (Å²) in [6.45, 7) is -0.533. The molecule has 0 fully saturated rings. The molecule has 38 heavy (non-hydrogen) atoms. The van der Waals surface area contributed by atoms with Gasteiger partial charge in [-0.05, 0) is 54.6 Å². The Labute approximate surface area is 217 Å². The third kappa shape index (κ3) is 5.52. The Hall–Kier alpha value is -5.03. The Morgan fingerprint density at radius 2 is 1.61 bits per heavy atom. The summed E-state index contributed by atoms with van der Waals surface area (Å²) in [5, 5.41) is 2.58. The van der Waals surface area contributed by atoms with Crippen LogP contribution in [0.4, 0.5) is 11.5 Å². The highest BCUT2D eigenvalue weighted by atomic mass is 32.2. The molecular weight excluding hydrogens is 506 g/mol. The van der Waals surface area contributed by atoms with Crippen molar-refractivity contribution in [2.75, 3.05) is 16.6 Å². The molecule has 3 N–H and O–H groups in total. The van der Waals surface area contributed by atoms with Crippen molar-refractivity contribution in [2.45, 2.75) is 4.90 Å². The number of imidazole rings is 1. The van der Waals surface area contributed by atoms with Crippen molar-refractivity contribution < 1.29 is 22.7 Å². The van der Waals surface area contributed by atoms with Gasteiger partial charge in [0.05, 0.1) is 21.5 Å². The average Bonchev–Trinajstić information content (AvgIpc) is 3.37. The number of para-hydroxylation sites is 2. The molecular formula is C27H21N5O5S. The van der Waals surface area contributed by atoms with Gasteiger partial charge in [-0.3, -0.25) is 9.52 Å². The normalized spacial score (nSPS) is 11.2. The molecule has 0 radical (unpaired) electrons. The molecule has 0 unspecified atom stereocenters. The first-order chi connectivity index (χ1) is 18.4. The van der Waals surface area contributed by atoms with E-state index in [-0.39, 0.29) is 16.3 Å². The number of aromatic amines is 1. The van der Waals surface area contributed by atoms with E-state index in [9.17, 15) is 18.0 Å². The van der Waals surface area contributed by atoms with Gasteiger partial charge in [0.15, 0.2) is 6.61 Å². The Morgan fingerprint density at radius 3 is 2.37 bits per heavy atom. The molecule has 190 valence electrons. The Morgan fingerprint density at radius 1 is 0.868 bits per heavy atom. The van der Waals surface area contributed by atoms with Crippen LogP contribution in [0, 0.1) is 0 Å². The maximum absolute atomic E-state index is 12.8. The number of rotatable bonds is 8. The van der Waals surface area contributed by atoms with Crippen molar-refractivity contribution in [3.63, 3.8) is 0 Å². The minimum absolute atomic E-state index is 0.00484. The van der Waals surface area contributed by atoms with Crippen LogP contribution in [0.5, 0.6) is 0 Å². The van der Waals surface area contributed by atoms with Gasteiger partial charge in [0, 0.05) is 17.4 Å². The number of hydrogen-bond acceptors (Lipinski definition) is 7. The topological polar surface area (TPSA) is 143 Å². The number of hydrogen-bond donors (Lipinski definition) is 3. The minimum atomic E-state index is -3.85. The number of carbonyl (C=O) groups excluding carboxylic acids is 2. The number of fused-ring (bicyclic) bond motifs is 1. The number of nitrogens with one attached hydrogen (secondary N) is 3. The van der Waals surface area contributed by atoms with Crippen LogP contribution in [0.15, 0.2) is 102 Å². The Bertz CT molecular complexity index is 1690. The number of sulfonamides is 1. The second kappa shape index (κ2) is 10.5. The summed E-state index contributed by atoms with van der Waals surface area (Å²) in [6.07, 6.45) is 1.47. The van der Waals surface area contributed by atoms with Crippen LogP contribution in [0.1, 0.15) is 10.4 Å².